The molecule has 0 fully saturated rings. The van der Waals surface area contributed by atoms with E-state index in [0.717, 1.165) is 16.8 Å². The van der Waals surface area contributed by atoms with Gasteiger partial charge in [-0.2, -0.15) is 5.10 Å². The summed E-state index contributed by atoms with van der Waals surface area (Å²) in [6, 6.07) is 15.5. The third-order valence-electron chi connectivity index (χ3n) is 5.01. The number of aryl methyl sites for hydroxylation is 2. The van der Waals surface area contributed by atoms with Crippen LogP contribution in [0, 0.1) is 17.4 Å². The van der Waals surface area contributed by atoms with Crippen molar-refractivity contribution in [2.75, 3.05) is 24.4 Å². The Morgan fingerprint density at radius 1 is 1.00 bits per heavy atom. The molecule has 0 radical (unpaired) electrons. The normalized spacial score (nSPS) is 10.6. The molecule has 0 aromatic heterocycles. The van der Waals surface area contributed by atoms with Crippen molar-refractivity contribution in [2.45, 2.75) is 13.8 Å². The van der Waals surface area contributed by atoms with Crippen LogP contribution in [0.2, 0.25) is 5.02 Å². The molecule has 3 amide bonds. The molecule has 11 heteroatoms. The zero-order valence-corrected chi connectivity index (χ0v) is 23.1. The Bertz CT molecular complexity index is 1340. The van der Waals surface area contributed by atoms with Crippen LogP contribution in [-0.4, -0.2) is 37.7 Å². The van der Waals surface area contributed by atoms with Gasteiger partial charge in [0, 0.05) is 16.4 Å². The van der Waals surface area contributed by atoms with E-state index < -0.39 is 11.8 Å². The number of ether oxygens (including phenoxy) is 2. The molecule has 0 aliphatic heterocycles. The van der Waals surface area contributed by atoms with Crippen molar-refractivity contribution in [3.63, 3.8) is 0 Å². The summed E-state index contributed by atoms with van der Waals surface area (Å²) in [5.41, 5.74) is 5.79. The van der Waals surface area contributed by atoms with Crippen LogP contribution in [-0.2, 0) is 14.4 Å². The van der Waals surface area contributed by atoms with Crippen LogP contribution in [0.1, 0.15) is 16.7 Å². The van der Waals surface area contributed by atoms with Gasteiger partial charge >= 0.3 is 11.8 Å². The number of rotatable bonds is 8. The molecule has 3 N–H and O–H groups in total. The maximum absolute atomic E-state index is 12.5. The van der Waals surface area contributed by atoms with Gasteiger partial charge in [-0.15, -0.1) is 0 Å². The Kier molecular flexibility index (Phi) is 9.86. The van der Waals surface area contributed by atoms with Crippen molar-refractivity contribution in [3.05, 3.63) is 79.9 Å². The monoisotopic (exact) mass is 634 g/mol. The minimum atomic E-state index is -0.951. The molecular formula is C26H24ClIN4O5. The first-order valence-corrected chi connectivity index (χ1v) is 12.4. The fraction of sp³-hybridized carbons (Fsp3) is 0.154. The lowest BCUT2D eigenvalue weighted by molar-refractivity contribution is -0.136. The second kappa shape index (κ2) is 13.1. The van der Waals surface area contributed by atoms with Crippen molar-refractivity contribution in [3.8, 4) is 11.5 Å². The number of amides is 3. The number of methoxy groups -OCH3 is 1. The van der Waals surface area contributed by atoms with Gasteiger partial charge in [-0.1, -0.05) is 35.9 Å². The van der Waals surface area contributed by atoms with E-state index in [2.05, 4.69) is 21.2 Å². The van der Waals surface area contributed by atoms with E-state index >= 15 is 0 Å². The number of para-hydroxylation sites is 1. The molecule has 0 saturated carbocycles. The van der Waals surface area contributed by atoms with E-state index in [9.17, 15) is 14.4 Å². The van der Waals surface area contributed by atoms with Gasteiger partial charge in [-0.3, -0.25) is 14.4 Å². The van der Waals surface area contributed by atoms with E-state index in [1.165, 1.54) is 19.4 Å². The minimum Gasteiger partial charge on any atom is -0.493 e. The smallest absolute Gasteiger partial charge is 0.329 e. The van der Waals surface area contributed by atoms with Gasteiger partial charge in [0.2, 0.25) is 0 Å². The first-order chi connectivity index (χ1) is 17.7. The number of hydrazone groups is 1. The number of nitrogens with one attached hydrogen (secondary N) is 3. The fourth-order valence-electron chi connectivity index (χ4n) is 3.25. The number of nitrogens with zero attached hydrogens (tertiary/aromatic N) is 1. The van der Waals surface area contributed by atoms with E-state index in [4.69, 9.17) is 21.1 Å². The predicted octanol–water partition coefficient (Wildman–Crippen LogP) is 4.68. The first kappa shape index (κ1) is 27.9. The Hall–Kier alpha value is -3.64. The number of carbonyl (C=O) groups excluding carboxylic acids is 3. The van der Waals surface area contributed by atoms with Crippen LogP contribution < -0.4 is 25.5 Å². The Morgan fingerprint density at radius 2 is 1.70 bits per heavy atom. The lowest BCUT2D eigenvalue weighted by atomic mass is 10.1. The van der Waals surface area contributed by atoms with Gasteiger partial charge in [0.1, 0.15) is 0 Å². The van der Waals surface area contributed by atoms with Crippen LogP contribution >= 0.6 is 34.2 Å². The summed E-state index contributed by atoms with van der Waals surface area (Å²) >= 11 is 7.92. The van der Waals surface area contributed by atoms with Crippen molar-refractivity contribution in [1.29, 1.82) is 0 Å². The van der Waals surface area contributed by atoms with Gasteiger partial charge in [0.05, 0.1) is 16.9 Å². The highest BCUT2D eigenvalue weighted by Crippen LogP contribution is 2.33. The van der Waals surface area contributed by atoms with Gasteiger partial charge in [-0.05, 0) is 83.5 Å². The average molecular weight is 635 g/mol. The SMILES string of the molecule is COc1cc(/C=N\NC(=O)C(=O)Nc2cccc(Cl)c2)cc(I)c1OCC(=O)Nc1c(C)cccc1C. The first-order valence-electron chi connectivity index (χ1n) is 10.9. The molecular weight excluding hydrogens is 611 g/mol. The molecule has 0 bridgehead atoms. The quantitative estimate of drug-likeness (QED) is 0.144. The van der Waals surface area contributed by atoms with Crippen LogP contribution in [0.3, 0.4) is 0 Å². The lowest BCUT2D eigenvalue weighted by Crippen LogP contribution is -2.32. The van der Waals surface area contributed by atoms with Gasteiger partial charge < -0.3 is 20.1 Å². The van der Waals surface area contributed by atoms with Crippen LogP contribution in [0.4, 0.5) is 11.4 Å². The standard InChI is InChI=1S/C26H24ClIN4O5/c1-15-6-4-7-16(2)23(15)31-22(33)14-37-24-20(28)10-17(11-21(24)36-3)13-29-32-26(35)25(34)30-19-9-5-8-18(27)12-19/h4-13H,14H2,1-3H3,(H,30,34)(H,31,33)(H,32,35)/b29-13-. The Balaban J connectivity index is 1.60. The topological polar surface area (TPSA) is 118 Å². The minimum absolute atomic E-state index is 0.217. The van der Waals surface area contributed by atoms with E-state index in [1.54, 1.807) is 30.3 Å². The molecule has 0 spiro atoms. The summed E-state index contributed by atoms with van der Waals surface area (Å²) in [4.78, 5) is 36.5. The Labute approximate surface area is 232 Å². The molecule has 0 aliphatic carbocycles. The molecule has 3 aromatic carbocycles. The average Bonchev–Trinajstić information content (AvgIpc) is 2.85. The highest BCUT2D eigenvalue weighted by atomic mass is 127. The number of hydrogen-bond donors (Lipinski definition) is 3. The molecule has 9 nitrogen and oxygen atoms in total. The van der Waals surface area contributed by atoms with E-state index in [1.807, 2.05) is 54.6 Å². The molecule has 3 rings (SSSR count). The van der Waals surface area contributed by atoms with Crippen LogP contribution in [0.5, 0.6) is 11.5 Å². The number of carbonyl (C=O) groups is 3. The summed E-state index contributed by atoms with van der Waals surface area (Å²) < 4.78 is 11.8. The molecule has 0 atom stereocenters. The summed E-state index contributed by atoms with van der Waals surface area (Å²) in [5, 5.41) is 9.56. The number of halogens is 2. The van der Waals surface area contributed by atoms with Gasteiger partial charge in [-0.25, -0.2) is 5.43 Å². The van der Waals surface area contributed by atoms with Crippen molar-refractivity contribution in [2.24, 2.45) is 5.10 Å². The second-order valence-corrected chi connectivity index (χ2v) is 9.40. The second-order valence-electron chi connectivity index (χ2n) is 7.80. The summed E-state index contributed by atoms with van der Waals surface area (Å²) in [6.45, 7) is 3.62. The molecule has 37 heavy (non-hydrogen) atoms. The van der Waals surface area contributed by atoms with Crippen molar-refractivity contribution < 1.29 is 23.9 Å². The fourth-order valence-corrected chi connectivity index (χ4v) is 4.22. The number of anilines is 2. The molecule has 0 saturated heterocycles. The molecule has 0 aliphatic rings. The summed E-state index contributed by atoms with van der Waals surface area (Å²) in [7, 11) is 1.47. The van der Waals surface area contributed by atoms with Gasteiger partial charge in [0.25, 0.3) is 5.91 Å². The van der Waals surface area contributed by atoms with Gasteiger partial charge in [0.15, 0.2) is 18.1 Å². The van der Waals surface area contributed by atoms with Crippen LogP contribution in [0.25, 0.3) is 0 Å². The molecule has 3 aromatic rings. The number of benzene rings is 3. The molecule has 0 unspecified atom stereocenters. The molecule has 192 valence electrons. The van der Waals surface area contributed by atoms with E-state index in [0.29, 0.717) is 31.3 Å². The summed E-state index contributed by atoms with van der Waals surface area (Å²) in [5.74, 6) is -1.39. The lowest BCUT2D eigenvalue weighted by Gasteiger charge is -2.15. The van der Waals surface area contributed by atoms with Crippen molar-refractivity contribution in [1.82, 2.24) is 5.43 Å². The number of hydrogen-bond acceptors (Lipinski definition) is 6. The van der Waals surface area contributed by atoms with E-state index in [-0.39, 0.29) is 12.5 Å². The summed E-state index contributed by atoms with van der Waals surface area (Å²) in [6.07, 6.45) is 1.35. The predicted molar refractivity (Wildman–Crippen MR) is 152 cm³/mol. The highest BCUT2D eigenvalue weighted by molar-refractivity contribution is 14.1. The largest absolute Gasteiger partial charge is 0.493 e. The third kappa shape index (κ3) is 7.92. The highest BCUT2D eigenvalue weighted by Gasteiger charge is 2.15. The van der Waals surface area contributed by atoms with Crippen molar-refractivity contribution >= 4 is 69.5 Å². The third-order valence-corrected chi connectivity index (χ3v) is 6.05. The maximum Gasteiger partial charge on any atom is 0.329 e. The molecule has 0 heterocycles. The zero-order chi connectivity index (χ0) is 26.9. The zero-order valence-electron chi connectivity index (χ0n) is 20.2. The Morgan fingerprint density at radius 3 is 2.38 bits per heavy atom. The van der Waals surface area contributed by atoms with Crippen LogP contribution in [0.15, 0.2) is 59.7 Å². The maximum atomic E-state index is 12.5.